The lowest BCUT2D eigenvalue weighted by molar-refractivity contribution is 0.630. The van der Waals surface area contributed by atoms with Gasteiger partial charge in [0, 0.05) is 4.47 Å². The second-order valence-electron chi connectivity index (χ2n) is 2.11. The number of nitriles is 1. The van der Waals surface area contributed by atoms with E-state index in [1.807, 2.05) is 6.07 Å². The van der Waals surface area contributed by atoms with Crippen molar-refractivity contribution < 1.29 is 4.39 Å². The number of benzene rings is 1. The normalized spacial score (nSPS) is 9.08. The fourth-order valence-corrected chi connectivity index (χ4v) is 1.28. The molecule has 0 heterocycles. The standard InChI is InChI=1S/C8H6BrFN2/c9-6-2-1-3-7(10)8(6)12-5-4-11/h1-3,12H,5H2. The molecule has 0 saturated carbocycles. The molecule has 0 aliphatic heterocycles. The highest BCUT2D eigenvalue weighted by molar-refractivity contribution is 9.10. The molecule has 1 rings (SSSR count). The van der Waals surface area contributed by atoms with Crippen LogP contribution in [0.3, 0.4) is 0 Å². The average Bonchev–Trinajstić information content (AvgIpc) is 2.04. The SMILES string of the molecule is N#CCNc1c(F)cccc1Br. The molecule has 0 aromatic heterocycles. The van der Waals surface area contributed by atoms with E-state index in [0.29, 0.717) is 10.2 Å². The first-order valence-electron chi connectivity index (χ1n) is 3.30. The van der Waals surface area contributed by atoms with Gasteiger partial charge in [-0.3, -0.25) is 0 Å². The van der Waals surface area contributed by atoms with Gasteiger partial charge in [0.15, 0.2) is 0 Å². The van der Waals surface area contributed by atoms with Gasteiger partial charge in [0.05, 0.1) is 11.8 Å². The molecule has 0 amide bonds. The highest BCUT2D eigenvalue weighted by Gasteiger charge is 2.03. The second-order valence-corrected chi connectivity index (χ2v) is 2.96. The summed E-state index contributed by atoms with van der Waals surface area (Å²) < 4.78 is 13.6. The maximum Gasteiger partial charge on any atom is 0.147 e. The fraction of sp³-hybridized carbons (Fsp3) is 0.125. The zero-order valence-electron chi connectivity index (χ0n) is 6.14. The molecule has 0 unspecified atom stereocenters. The van der Waals surface area contributed by atoms with E-state index in [1.165, 1.54) is 6.07 Å². The zero-order chi connectivity index (χ0) is 8.97. The number of rotatable bonds is 2. The fourth-order valence-electron chi connectivity index (χ4n) is 0.795. The van der Waals surface area contributed by atoms with Crippen molar-refractivity contribution in [2.75, 3.05) is 11.9 Å². The summed E-state index contributed by atoms with van der Waals surface area (Å²) in [5.74, 6) is -0.361. The highest BCUT2D eigenvalue weighted by Crippen LogP contribution is 2.24. The lowest BCUT2D eigenvalue weighted by atomic mass is 10.3. The van der Waals surface area contributed by atoms with Crippen molar-refractivity contribution in [1.82, 2.24) is 0 Å². The molecule has 2 nitrogen and oxygen atoms in total. The van der Waals surface area contributed by atoms with Crippen molar-refractivity contribution in [3.8, 4) is 6.07 Å². The zero-order valence-corrected chi connectivity index (χ0v) is 7.73. The minimum Gasteiger partial charge on any atom is -0.369 e. The summed E-state index contributed by atoms with van der Waals surface area (Å²) in [6.07, 6.45) is 0. The molecule has 0 saturated heterocycles. The predicted octanol–water partition coefficient (Wildman–Crippen LogP) is 2.52. The number of nitrogens with one attached hydrogen (secondary N) is 1. The summed E-state index contributed by atoms with van der Waals surface area (Å²) in [6, 6.07) is 6.52. The summed E-state index contributed by atoms with van der Waals surface area (Å²) >= 11 is 3.17. The van der Waals surface area contributed by atoms with E-state index >= 15 is 0 Å². The Morgan fingerprint density at radius 1 is 1.58 bits per heavy atom. The number of para-hydroxylation sites is 1. The van der Waals surface area contributed by atoms with Crippen LogP contribution in [-0.4, -0.2) is 6.54 Å². The number of halogens is 2. The Morgan fingerprint density at radius 2 is 2.33 bits per heavy atom. The Kier molecular flexibility index (Phi) is 3.06. The van der Waals surface area contributed by atoms with Crippen molar-refractivity contribution >= 4 is 21.6 Å². The minimum absolute atomic E-state index is 0.0968. The smallest absolute Gasteiger partial charge is 0.147 e. The predicted molar refractivity (Wildman–Crippen MR) is 48.2 cm³/mol. The van der Waals surface area contributed by atoms with Crippen LogP contribution in [0.2, 0.25) is 0 Å². The quantitative estimate of drug-likeness (QED) is 0.791. The molecule has 0 aliphatic rings. The van der Waals surface area contributed by atoms with Gasteiger partial charge in [-0.2, -0.15) is 5.26 Å². The number of nitrogens with zero attached hydrogens (tertiary/aromatic N) is 1. The van der Waals surface area contributed by atoms with Crippen LogP contribution >= 0.6 is 15.9 Å². The van der Waals surface area contributed by atoms with Gasteiger partial charge in [-0.1, -0.05) is 6.07 Å². The van der Waals surface area contributed by atoms with Crippen molar-refractivity contribution in [2.24, 2.45) is 0 Å². The van der Waals surface area contributed by atoms with Gasteiger partial charge in [0.25, 0.3) is 0 Å². The van der Waals surface area contributed by atoms with Crippen molar-refractivity contribution in [3.05, 3.63) is 28.5 Å². The molecule has 0 fully saturated rings. The van der Waals surface area contributed by atoms with Gasteiger partial charge in [-0.05, 0) is 28.1 Å². The maximum atomic E-state index is 13.0. The Balaban J connectivity index is 2.90. The van der Waals surface area contributed by atoms with Crippen molar-refractivity contribution in [2.45, 2.75) is 0 Å². The van der Waals surface area contributed by atoms with Crippen LogP contribution in [0.15, 0.2) is 22.7 Å². The monoisotopic (exact) mass is 228 g/mol. The molecule has 12 heavy (non-hydrogen) atoms. The molecular formula is C8H6BrFN2. The molecule has 0 bridgehead atoms. The van der Waals surface area contributed by atoms with Crippen LogP contribution in [0.25, 0.3) is 0 Å². The number of anilines is 1. The Labute approximate surface area is 78.1 Å². The Morgan fingerprint density at radius 3 is 2.92 bits per heavy atom. The summed E-state index contributed by atoms with van der Waals surface area (Å²) in [7, 11) is 0. The minimum atomic E-state index is -0.361. The molecule has 0 atom stereocenters. The second kappa shape index (κ2) is 4.07. The molecule has 4 heteroatoms. The Hall–Kier alpha value is -1.08. The van der Waals surface area contributed by atoms with Gasteiger partial charge in [0.2, 0.25) is 0 Å². The molecule has 0 radical (unpaired) electrons. The topological polar surface area (TPSA) is 35.8 Å². The van der Waals surface area contributed by atoms with Gasteiger partial charge < -0.3 is 5.32 Å². The average molecular weight is 229 g/mol. The molecule has 1 aromatic carbocycles. The van der Waals surface area contributed by atoms with Gasteiger partial charge >= 0.3 is 0 Å². The van der Waals surface area contributed by atoms with E-state index in [4.69, 9.17) is 5.26 Å². The summed E-state index contributed by atoms with van der Waals surface area (Å²) in [4.78, 5) is 0. The van der Waals surface area contributed by atoms with Gasteiger partial charge in [0.1, 0.15) is 12.4 Å². The third kappa shape index (κ3) is 1.95. The van der Waals surface area contributed by atoms with Crippen LogP contribution in [0, 0.1) is 17.1 Å². The van der Waals surface area contributed by atoms with Gasteiger partial charge in [-0.15, -0.1) is 0 Å². The van der Waals surface area contributed by atoms with Crippen LogP contribution in [0.5, 0.6) is 0 Å². The number of hydrogen-bond donors (Lipinski definition) is 1. The first-order chi connectivity index (χ1) is 5.75. The Bertz CT molecular complexity index is 299. The molecule has 1 N–H and O–H groups in total. The molecular weight excluding hydrogens is 223 g/mol. The van der Waals surface area contributed by atoms with Crippen LogP contribution in [0.1, 0.15) is 0 Å². The lowest BCUT2D eigenvalue weighted by Crippen LogP contribution is -2.01. The summed E-state index contributed by atoms with van der Waals surface area (Å²) in [5.41, 5.74) is 0.332. The van der Waals surface area contributed by atoms with Crippen molar-refractivity contribution in [1.29, 1.82) is 5.26 Å². The van der Waals surface area contributed by atoms with E-state index in [1.54, 1.807) is 12.1 Å². The molecule has 1 aromatic rings. The third-order valence-electron chi connectivity index (χ3n) is 1.31. The van der Waals surface area contributed by atoms with E-state index in [0.717, 1.165) is 0 Å². The summed E-state index contributed by atoms with van der Waals surface area (Å²) in [6.45, 7) is 0.0968. The van der Waals surface area contributed by atoms with Gasteiger partial charge in [-0.25, -0.2) is 4.39 Å². The summed E-state index contributed by atoms with van der Waals surface area (Å²) in [5, 5.41) is 10.9. The van der Waals surface area contributed by atoms with E-state index in [9.17, 15) is 4.39 Å². The largest absolute Gasteiger partial charge is 0.369 e. The molecule has 0 aliphatic carbocycles. The van der Waals surface area contributed by atoms with Crippen molar-refractivity contribution in [3.63, 3.8) is 0 Å². The van der Waals surface area contributed by atoms with Crippen LogP contribution in [-0.2, 0) is 0 Å². The maximum absolute atomic E-state index is 13.0. The highest BCUT2D eigenvalue weighted by atomic mass is 79.9. The lowest BCUT2D eigenvalue weighted by Gasteiger charge is -2.04. The molecule has 62 valence electrons. The van der Waals surface area contributed by atoms with E-state index < -0.39 is 0 Å². The van der Waals surface area contributed by atoms with E-state index in [2.05, 4.69) is 21.2 Å². The van der Waals surface area contributed by atoms with Crippen LogP contribution < -0.4 is 5.32 Å². The van der Waals surface area contributed by atoms with Crippen LogP contribution in [0.4, 0.5) is 10.1 Å². The first kappa shape index (κ1) is 9.01. The molecule has 0 spiro atoms. The van der Waals surface area contributed by atoms with E-state index in [-0.39, 0.29) is 12.4 Å². The number of hydrogen-bond acceptors (Lipinski definition) is 2. The first-order valence-corrected chi connectivity index (χ1v) is 4.10. The third-order valence-corrected chi connectivity index (χ3v) is 1.97.